The van der Waals surface area contributed by atoms with E-state index in [0.29, 0.717) is 13.0 Å². The maximum atomic E-state index is 12.1. The fourth-order valence-electron chi connectivity index (χ4n) is 2.71. The Morgan fingerprint density at radius 2 is 2.05 bits per heavy atom. The standard InChI is InChI=1S/C16H22N2O3/c1-11-5-6-13(9-12(11)2)17-14(19)10-18-8-4-7-16(18,3)15(20)21/h5-6,9H,4,7-8,10H2,1-3H3,(H,17,19)(H,20,21). The molecule has 1 unspecified atom stereocenters. The molecule has 5 nitrogen and oxygen atoms in total. The van der Waals surface area contributed by atoms with Crippen LogP contribution >= 0.6 is 0 Å². The van der Waals surface area contributed by atoms with E-state index in [1.165, 1.54) is 5.56 Å². The molecule has 0 aliphatic carbocycles. The average molecular weight is 290 g/mol. The van der Waals surface area contributed by atoms with Crippen LogP contribution in [0, 0.1) is 13.8 Å². The van der Waals surface area contributed by atoms with Gasteiger partial charge in [-0.15, -0.1) is 0 Å². The van der Waals surface area contributed by atoms with Crippen LogP contribution in [-0.2, 0) is 9.59 Å². The summed E-state index contributed by atoms with van der Waals surface area (Å²) in [4.78, 5) is 25.3. The normalized spacial score (nSPS) is 22.2. The van der Waals surface area contributed by atoms with Gasteiger partial charge in [-0.3, -0.25) is 14.5 Å². The van der Waals surface area contributed by atoms with Crippen molar-refractivity contribution in [2.75, 3.05) is 18.4 Å². The third-order valence-electron chi connectivity index (χ3n) is 4.38. The molecule has 1 heterocycles. The van der Waals surface area contributed by atoms with Gasteiger partial charge >= 0.3 is 5.97 Å². The van der Waals surface area contributed by atoms with Crippen LogP contribution in [0.3, 0.4) is 0 Å². The van der Waals surface area contributed by atoms with Crippen molar-refractivity contribution in [2.24, 2.45) is 0 Å². The molecule has 21 heavy (non-hydrogen) atoms. The van der Waals surface area contributed by atoms with E-state index < -0.39 is 11.5 Å². The minimum atomic E-state index is -0.930. The van der Waals surface area contributed by atoms with Crippen molar-refractivity contribution in [2.45, 2.75) is 39.2 Å². The zero-order valence-electron chi connectivity index (χ0n) is 12.8. The van der Waals surface area contributed by atoms with Gasteiger partial charge in [-0.2, -0.15) is 0 Å². The third kappa shape index (κ3) is 3.24. The van der Waals surface area contributed by atoms with E-state index in [0.717, 1.165) is 17.7 Å². The Kier molecular flexibility index (Phi) is 4.32. The van der Waals surface area contributed by atoms with Gasteiger partial charge in [-0.25, -0.2) is 0 Å². The molecule has 0 bridgehead atoms. The zero-order valence-corrected chi connectivity index (χ0v) is 12.8. The van der Waals surface area contributed by atoms with E-state index in [2.05, 4.69) is 5.32 Å². The Morgan fingerprint density at radius 3 is 2.67 bits per heavy atom. The SMILES string of the molecule is Cc1ccc(NC(=O)CN2CCCC2(C)C(=O)O)cc1C. The van der Waals surface area contributed by atoms with Crippen LogP contribution in [0.2, 0.25) is 0 Å². The number of carboxylic acids is 1. The lowest BCUT2D eigenvalue weighted by Crippen LogP contribution is -2.50. The van der Waals surface area contributed by atoms with Gasteiger partial charge in [-0.1, -0.05) is 6.07 Å². The Hall–Kier alpha value is -1.88. The van der Waals surface area contributed by atoms with E-state index >= 15 is 0 Å². The molecule has 1 aromatic rings. The summed E-state index contributed by atoms with van der Waals surface area (Å²) in [6.45, 7) is 6.45. The highest BCUT2D eigenvalue weighted by Gasteiger charge is 2.43. The monoisotopic (exact) mass is 290 g/mol. The number of hydrogen-bond acceptors (Lipinski definition) is 3. The van der Waals surface area contributed by atoms with Gasteiger partial charge in [0.25, 0.3) is 0 Å². The summed E-state index contributed by atoms with van der Waals surface area (Å²) in [7, 11) is 0. The summed E-state index contributed by atoms with van der Waals surface area (Å²) in [5.41, 5.74) is 2.11. The van der Waals surface area contributed by atoms with Crippen molar-refractivity contribution >= 4 is 17.6 Å². The number of carbonyl (C=O) groups excluding carboxylic acids is 1. The molecule has 1 fully saturated rings. The first-order valence-electron chi connectivity index (χ1n) is 7.18. The summed E-state index contributed by atoms with van der Waals surface area (Å²) in [5.74, 6) is -1.04. The molecule has 1 aromatic carbocycles. The highest BCUT2D eigenvalue weighted by Crippen LogP contribution is 2.28. The molecule has 1 aliphatic rings. The van der Waals surface area contributed by atoms with Crippen molar-refractivity contribution in [3.05, 3.63) is 29.3 Å². The number of aliphatic carboxylic acids is 1. The van der Waals surface area contributed by atoms with Crippen LogP contribution in [0.4, 0.5) is 5.69 Å². The molecule has 1 amide bonds. The van der Waals surface area contributed by atoms with Gasteiger partial charge in [0.1, 0.15) is 5.54 Å². The number of anilines is 1. The number of nitrogens with one attached hydrogen (secondary N) is 1. The van der Waals surface area contributed by atoms with Crippen molar-refractivity contribution in [3.8, 4) is 0 Å². The third-order valence-corrected chi connectivity index (χ3v) is 4.38. The molecule has 0 saturated carbocycles. The summed E-state index contributed by atoms with van der Waals surface area (Å²) in [6, 6.07) is 5.75. The molecule has 0 aromatic heterocycles. The maximum absolute atomic E-state index is 12.1. The van der Waals surface area contributed by atoms with Crippen LogP contribution in [0.1, 0.15) is 30.9 Å². The van der Waals surface area contributed by atoms with Crippen LogP contribution < -0.4 is 5.32 Å². The fourth-order valence-corrected chi connectivity index (χ4v) is 2.71. The van der Waals surface area contributed by atoms with Gasteiger partial charge in [0.15, 0.2) is 0 Å². The Labute approximate surface area is 125 Å². The molecular formula is C16H22N2O3. The number of aryl methyl sites for hydroxylation is 2. The summed E-state index contributed by atoms with van der Waals surface area (Å²) >= 11 is 0. The number of likely N-dealkylation sites (tertiary alicyclic amines) is 1. The molecule has 1 atom stereocenters. The van der Waals surface area contributed by atoms with Gasteiger partial charge in [0.2, 0.25) is 5.91 Å². The molecule has 2 N–H and O–H groups in total. The minimum Gasteiger partial charge on any atom is -0.480 e. The predicted octanol–water partition coefficient (Wildman–Crippen LogP) is 2.18. The molecular weight excluding hydrogens is 268 g/mol. The smallest absolute Gasteiger partial charge is 0.323 e. The van der Waals surface area contributed by atoms with E-state index in [1.54, 1.807) is 11.8 Å². The van der Waals surface area contributed by atoms with Crippen molar-refractivity contribution < 1.29 is 14.7 Å². The van der Waals surface area contributed by atoms with Gasteiger partial charge in [0.05, 0.1) is 6.54 Å². The van der Waals surface area contributed by atoms with Crippen molar-refractivity contribution in [1.29, 1.82) is 0 Å². The van der Waals surface area contributed by atoms with Crippen LogP contribution in [0.25, 0.3) is 0 Å². The largest absolute Gasteiger partial charge is 0.480 e. The van der Waals surface area contributed by atoms with Gasteiger partial charge < -0.3 is 10.4 Å². The van der Waals surface area contributed by atoms with Crippen molar-refractivity contribution in [3.63, 3.8) is 0 Å². The first-order chi connectivity index (χ1) is 9.83. The number of nitrogens with zero attached hydrogens (tertiary/aromatic N) is 1. The number of carboxylic acid groups (broad SMARTS) is 1. The summed E-state index contributed by atoms with van der Waals surface area (Å²) in [6.07, 6.45) is 1.39. The lowest BCUT2D eigenvalue weighted by molar-refractivity contribution is -0.149. The molecule has 1 saturated heterocycles. The fraction of sp³-hybridized carbons (Fsp3) is 0.500. The second kappa shape index (κ2) is 5.85. The van der Waals surface area contributed by atoms with E-state index in [1.807, 2.05) is 32.0 Å². The highest BCUT2D eigenvalue weighted by molar-refractivity contribution is 5.93. The quantitative estimate of drug-likeness (QED) is 0.891. The second-order valence-electron chi connectivity index (χ2n) is 5.95. The average Bonchev–Trinajstić information content (AvgIpc) is 2.77. The van der Waals surface area contributed by atoms with E-state index in [4.69, 9.17) is 0 Å². The molecule has 5 heteroatoms. The Balaban J connectivity index is 2.01. The summed E-state index contributed by atoms with van der Waals surface area (Å²) < 4.78 is 0. The van der Waals surface area contributed by atoms with Gasteiger partial charge in [0, 0.05) is 5.69 Å². The van der Waals surface area contributed by atoms with E-state index in [-0.39, 0.29) is 12.5 Å². The summed E-state index contributed by atoms with van der Waals surface area (Å²) in [5, 5.41) is 12.2. The minimum absolute atomic E-state index is 0.107. The molecule has 2 rings (SSSR count). The molecule has 1 aliphatic heterocycles. The number of carbonyl (C=O) groups is 2. The van der Waals surface area contributed by atoms with E-state index in [9.17, 15) is 14.7 Å². The lowest BCUT2D eigenvalue weighted by atomic mass is 9.99. The van der Waals surface area contributed by atoms with Crippen molar-refractivity contribution in [1.82, 2.24) is 4.90 Å². The second-order valence-corrected chi connectivity index (χ2v) is 5.95. The first-order valence-corrected chi connectivity index (χ1v) is 7.18. The Bertz CT molecular complexity index is 571. The zero-order chi connectivity index (χ0) is 15.6. The number of benzene rings is 1. The predicted molar refractivity (Wildman–Crippen MR) is 81.4 cm³/mol. The molecule has 0 radical (unpaired) electrons. The number of hydrogen-bond donors (Lipinski definition) is 2. The van der Waals surface area contributed by atoms with Crippen LogP contribution in [0.5, 0.6) is 0 Å². The first kappa shape index (κ1) is 15.5. The Morgan fingerprint density at radius 1 is 1.33 bits per heavy atom. The van der Waals surface area contributed by atoms with Crippen LogP contribution in [-0.4, -0.2) is 40.5 Å². The molecule has 0 spiro atoms. The number of amides is 1. The number of rotatable bonds is 4. The van der Waals surface area contributed by atoms with Crippen LogP contribution in [0.15, 0.2) is 18.2 Å². The topological polar surface area (TPSA) is 69.6 Å². The lowest BCUT2D eigenvalue weighted by Gasteiger charge is -2.30. The molecule has 114 valence electrons. The maximum Gasteiger partial charge on any atom is 0.323 e. The highest BCUT2D eigenvalue weighted by atomic mass is 16.4. The van der Waals surface area contributed by atoms with Gasteiger partial charge in [-0.05, 0) is 63.4 Å².